The van der Waals surface area contributed by atoms with Crippen molar-refractivity contribution in [3.8, 4) is 0 Å². The van der Waals surface area contributed by atoms with Gasteiger partial charge in [0.2, 0.25) is 0 Å². The molecule has 0 aliphatic heterocycles. The lowest BCUT2D eigenvalue weighted by Gasteiger charge is -2.06. The molecule has 2 rings (SSSR count). The first-order valence-corrected chi connectivity index (χ1v) is 7.84. The van der Waals surface area contributed by atoms with Crippen molar-refractivity contribution in [3.63, 3.8) is 0 Å². The van der Waals surface area contributed by atoms with Gasteiger partial charge in [0.25, 0.3) is 0 Å². The number of nitrogens with two attached hydrogens (primary N) is 1. The Morgan fingerprint density at radius 3 is 2.38 bits per heavy atom. The standard InChI is InChI=1S/C14H20N2O4S/c1-4-19-13(17)9-10(15)11(14(18)20-5-2)21-12(9)16-8-6-7(8)3/h7-8,16H,4-6,15H2,1-3H3. The summed E-state index contributed by atoms with van der Waals surface area (Å²) in [6, 6.07) is 0.311. The lowest BCUT2D eigenvalue weighted by Crippen LogP contribution is -2.12. The van der Waals surface area contributed by atoms with Gasteiger partial charge in [-0.2, -0.15) is 0 Å². The maximum atomic E-state index is 12.1. The number of thiophene rings is 1. The average molecular weight is 312 g/mol. The summed E-state index contributed by atoms with van der Waals surface area (Å²) in [7, 11) is 0. The molecule has 2 unspecified atom stereocenters. The van der Waals surface area contributed by atoms with Crippen molar-refractivity contribution < 1.29 is 19.1 Å². The molecule has 1 aromatic rings. The first-order chi connectivity index (χ1) is 9.99. The van der Waals surface area contributed by atoms with Gasteiger partial charge in [-0.25, -0.2) is 9.59 Å². The second kappa shape index (κ2) is 6.34. The molecule has 0 spiro atoms. The monoisotopic (exact) mass is 312 g/mol. The molecule has 1 aromatic heterocycles. The van der Waals surface area contributed by atoms with Gasteiger partial charge in [-0.1, -0.05) is 6.92 Å². The minimum atomic E-state index is -0.516. The Labute approximate surface area is 127 Å². The summed E-state index contributed by atoms with van der Waals surface area (Å²) in [6.45, 7) is 6.07. The molecule has 0 radical (unpaired) electrons. The number of nitrogen functional groups attached to an aromatic ring is 1. The molecule has 7 heteroatoms. The van der Waals surface area contributed by atoms with Crippen molar-refractivity contribution in [3.05, 3.63) is 10.4 Å². The summed E-state index contributed by atoms with van der Waals surface area (Å²) in [5.74, 6) is -0.477. The van der Waals surface area contributed by atoms with Crippen LogP contribution in [-0.2, 0) is 9.47 Å². The minimum absolute atomic E-state index is 0.132. The fourth-order valence-corrected chi connectivity index (χ4v) is 3.06. The molecule has 0 amide bonds. The predicted octanol–water partition coefficient (Wildman–Crippen LogP) is 2.50. The van der Waals surface area contributed by atoms with Crippen molar-refractivity contribution in [2.45, 2.75) is 33.2 Å². The van der Waals surface area contributed by atoms with Crippen LogP contribution in [0.5, 0.6) is 0 Å². The highest BCUT2D eigenvalue weighted by Crippen LogP contribution is 2.41. The van der Waals surface area contributed by atoms with E-state index in [-0.39, 0.29) is 29.3 Å². The van der Waals surface area contributed by atoms with Gasteiger partial charge in [0.15, 0.2) is 0 Å². The van der Waals surface area contributed by atoms with E-state index in [1.54, 1.807) is 13.8 Å². The van der Waals surface area contributed by atoms with Crippen LogP contribution in [-0.4, -0.2) is 31.2 Å². The van der Waals surface area contributed by atoms with Crippen LogP contribution < -0.4 is 11.1 Å². The van der Waals surface area contributed by atoms with Crippen LogP contribution in [0.2, 0.25) is 0 Å². The van der Waals surface area contributed by atoms with Gasteiger partial charge < -0.3 is 20.5 Å². The predicted molar refractivity (Wildman–Crippen MR) is 81.8 cm³/mol. The molecule has 6 nitrogen and oxygen atoms in total. The lowest BCUT2D eigenvalue weighted by atomic mass is 10.2. The van der Waals surface area contributed by atoms with Gasteiger partial charge in [0.1, 0.15) is 15.4 Å². The van der Waals surface area contributed by atoms with Crippen molar-refractivity contribution in [1.82, 2.24) is 0 Å². The average Bonchev–Trinajstić information content (AvgIpc) is 3.00. The number of hydrogen-bond acceptors (Lipinski definition) is 7. The largest absolute Gasteiger partial charge is 0.462 e. The van der Waals surface area contributed by atoms with Crippen LogP contribution in [0.4, 0.5) is 10.7 Å². The van der Waals surface area contributed by atoms with Crippen molar-refractivity contribution in [2.75, 3.05) is 24.3 Å². The van der Waals surface area contributed by atoms with E-state index in [1.807, 2.05) is 0 Å². The van der Waals surface area contributed by atoms with E-state index >= 15 is 0 Å². The molecule has 1 aliphatic rings. The molecule has 21 heavy (non-hydrogen) atoms. The van der Waals surface area contributed by atoms with Crippen LogP contribution >= 0.6 is 11.3 Å². The number of anilines is 2. The third-order valence-electron chi connectivity index (χ3n) is 3.31. The smallest absolute Gasteiger partial charge is 0.350 e. The maximum absolute atomic E-state index is 12.1. The van der Waals surface area contributed by atoms with E-state index in [4.69, 9.17) is 15.2 Å². The zero-order valence-electron chi connectivity index (χ0n) is 12.4. The molecule has 1 fully saturated rings. The van der Waals surface area contributed by atoms with Crippen molar-refractivity contribution in [2.24, 2.45) is 5.92 Å². The molecule has 0 saturated heterocycles. The van der Waals surface area contributed by atoms with Crippen LogP contribution in [0.25, 0.3) is 0 Å². The molecule has 0 bridgehead atoms. The fraction of sp³-hybridized carbons (Fsp3) is 0.571. The van der Waals surface area contributed by atoms with Crippen molar-refractivity contribution >= 4 is 34.0 Å². The highest BCUT2D eigenvalue weighted by atomic mass is 32.1. The Morgan fingerprint density at radius 1 is 1.29 bits per heavy atom. The second-order valence-electron chi connectivity index (χ2n) is 4.95. The van der Waals surface area contributed by atoms with Crippen LogP contribution in [0.3, 0.4) is 0 Å². The first-order valence-electron chi connectivity index (χ1n) is 7.02. The van der Waals surface area contributed by atoms with Crippen LogP contribution in [0.1, 0.15) is 47.2 Å². The molecular formula is C14H20N2O4S. The zero-order chi connectivity index (χ0) is 15.6. The Hall–Kier alpha value is -1.76. The number of esters is 2. The van der Waals surface area contributed by atoms with E-state index in [1.165, 1.54) is 0 Å². The van der Waals surface area contributed by atoms with E-state index < -0.39 is 11.9 Å². The highest BCUT2D eigenvalue weighted by molar-refractivity contribution is 7.19. The van der Waals surface area contributed by atoms with E-state index in [2.05, 4.69) is 12.2 Å². The van der Waals surface area contributed by atoms with Crippen LogP contribution in [0.15, 0.2) is 0 Å². The molecule has 1 heterocycles. The summed E-state index contributed by atoms with van der Waals surface area (Å²) >= 11 is 1.15. The summed E-state index contributed by atoms with van der Waals surface area (Å²) in [6.07, 6.45) is 1.04. The number of nitrogens with one attached hydrogen (secondary N) is 1. The SMILES string of the molecule is CCOC(=O)c1sc(NC2CC2C)c(C(=O)OCC)c1N. The van der Waals surface area contributed by atoms with Gasteiger partial charge in [0.05, 0.1) is 18.9 Å². The Morgan fingerprint density at radius 2 is 1.86 bits per heavy atom. The Balaban J connectivity index is 2.33. The summed E-state index contributed by atoms with van der Waals surface area (Å²) < 4.78 is 10.00. The Bertz CT molecular complexity index is 555. The van der Waals surface area contributed by atoms with Gasteiger partial charge in [-0.3, -0.25) is 0 Å². The highest BCUT2D eigenvalue weighted by Gasteiger charge is 2.36. The topological polar surface area (TPSA) is 90.6 Å². The molecule has 116 valence electrons. The number of carbonyl (C=O) groups excluding carboxylic acids is 2. The van der Waals surface area contributed by atoms with Gasteiger partial charge in [-0.15, -0.1) is 11.3 Å². The molecule has 0 aromatic carbocycles. The van der Waals surface area contributed by atoms with E-state index in [0.717, 1.165) is 17.8 Å². The first kappa shape index (κ1) is 15.6. The third-order valence-corrected chi connectivity index (χ3v) is 4.43. The quantitative estimate of drug-likeness (QED) is 0.784. The van der Waals surface area contributed by atoms with Crippen LogP contribution in [0, 0.1) is 5.92 Å². The number of hydrogen-bond donors (Lipinski definition) is 2. The van der Waals surface area contributed by atoms with E-state index in [0.29, 0.717) is 17.0 Å². The third kappa shape index (κ3) is 3.29. The van der Waals surface area contributed by atoms with Gasteiger partial charge in [0, 0.05) is 6.04 Å². The second-order valence-corrected chi connectivity index (χ2v) is 5.97. The Kier molecular flexibility index (Phi) is 4.72. The normalized spacial score (nSPS) is 20.0. The lowest BCUT2D eigenvalue weighted by molar-refractivity contribution is 0.0528. The van der Waals surface area contributed by atoms with Gasteiger partial charge >= 0.3 is 11.9 Å². The molecule has 2 atom stereocenters. The number of rotatable bonds is 6. The number of ether oxygens (including phenoxy) is 2. The van der Waals surface area contributed by atoms with Crippen molar-refractivity contribution in [1.29, 1.82) is 0 Å². The van der Waals surface area contributed by atoms with Gasteiger partial charge in [-0.05, 0) is 26.2 Å². The molecule has 1 saturated carbocycles. The zero-order valence-corrected chi connectivity index (χ0v) is 13.2. The van der Waals surface area contributed by atoms with E-state index in [9.17, 15) is 9.59 Å². The summed E-state index contributed by atoms with van der Waals surface area (Å²) in [4.78, 5) is 24.2. The summed E-state index contributed by atoms with van der Waals surface area (Å²) in [5.41, 5.74) is 6.34. The molecule has 1 aliphatic carbocycles. The fourth-order valence-electron chi connectivity index (χ4n) is 1.99. The maximum Gasteiger partial charge on any atom is 0.350 e. The molecular weight excluding hydrogens is 292 g/mol. The number of carbonyl (C=O) groups is 2. The molecule has 3 N–H and O–H groups in total. The summed E-state index contributed by atoms with van der Waals surface area (Å²) in [5, 5.41) is 3.85. The minimum Gasteiger partial charge on any atom is -0.462 e.